The normalized spacial score (nSPS) is 11.0. The van der Waals surface area contributed by atoms with E-state index in [9.17, 15) is 4.79 Å². The highest BCUT2D eigenvalue weighted by molar-refractivity contribution is 7.08. The Morgan fingerprint density at radius 2 is 2.14 bits per heavy atom. The van der Waals surface area contributed by atoms with Gasteiger partial charge in [0, 0.05) is 22.0 Å². The lowest BCUT2D eigenvalue weighted by Gasteiger charge is -1.97. The molecule has 7 heteroatoms. The minimum atomic E-state index is -0.375. The van der Waals surface area contributed by atoms with Crippen molar-refractivity contribution in [2.75, 3.05) is 5.32 Å². The van der Waals surface area contributed by atoms with E-state index in [1.165, 1.54) is 17.4 Å². The first-order chi connectivity index (χ1) is 10.7. The third kappa shape index (κ3) is 3.41. The number of hydrogen-bond donors (Lipinski definition) is 1. The van der Waals surface area contributed by atoms with Crippen LogP contribution < -0.4 is 5.32 Å². The van der Waals surface area contributed by atoms with E-state index in [2.05, 4.69) is 15.5 Å². The smallest absolute Gasteiger partial charge is 0.322 e. The standard InChI is InChI=1S/C15H10ClN3O2S/c16-12-4-2-1-3-10(12)5-6-13(20)17-15-19-18-14(21-15)11-7-8-22-9-11/h1-9H,(H,17,19,20)/b6-5+. The first-order valence-corrected chi connectivity index (χ1v) is 7.64. The Balaban J connectivity index is 1.66. The van der Waals surface area contributed by atoms with Gasteiger partial charge in [0.15, 0.2) is 0 Å². The molecule has 0 unspecified atom stereocenters. The van der Waals surface area contributed by atoms with Crippen molar-refractivity contribution in [2.45, 2.75) is 0 Å². The summed E-state index contributed by atoms with van der Waals surface area (Å²) < 4.78 is 5.37. The fourth-order valence-electron chi connectivity index (χ4n) is 1.70. The molecule has 0 radical (unpaired) electrons. The minimum Gasteiger partial charge on any atom is -0.403 e. The second-order valence-electron chi connectivity index (χ2n) is 4.27. The van der Waals surface area contributed by atoms with Crippen molar-refractivity contribution < 1.29 is 9.21 Å². The summed E-state index contributed by atoms with van der Waals surface area (Å²) in [6.45, 7) is 0. The summed E-state index contributed by atoms with van der Waals surface area (Å²) in [7, 11) is 0. The summed E-state index contributed by atoms with van der Waals surface area (Å²) in [6, 6.07) is 9.15. The number of benzene rings is 1. The van der Waals surface area contributed by atoms with E-state index in [0.29, 0.717) is 10.9 Å². The van der Waals surface area contributed by atoms with Crippen molar-refractivity contribution in [2.24, 2.45) is 0 Å². The van der Waals surface area contributed by atoms with Gasteiger partial charge in [0.25, 0.3) is 11.8 Å². The van der Waals surface area contributed by atoms with Gasteiger partial charge in [-0.05, 0) is 29.2 Å². The number of nitrogens with one attached hydrogen (secondary N) is 1. The summed E-state index contributed by atoms with van der Waals surface area (Å²) >= 11 is 7.53. The molecule has 5 nitrogen and oxygen atoms in total. The topological polar surface area (TPSA) is 68.0 Å². The second-order valence-corrected chi connectivity index (χ2v) is 5.46. The highest BCUT2D eigenvalue weighted by Gasteiger charge is 2.10. The van der Waals surface area contributed by atoms with E-state index in [-0.39, 0.29) is 11.9 Å². The van der Waals surface area contributed by atoms with E-state index in [1.807, 2.05) is 35.0 Å². The molecule has 0 saturated heterocycles. The van der Waals surface area contributed by atoms with E-state index in [4.69, 9.17) is 16.0 Å². The quantitative estimate of drug-likeness (QED) is 0.731. The number of thiophene rings is 1. The monoisotopic (exact) mass is 331 g/mol. The molecule has 22 heavy (non-hydrogen) atoms. The van der Waals surface area contributed by atoms with Crippen molar-refractivity contribution in [3.05, 3.63) is 57.8 Å². The molecule has 0 aliphatic rings. The Hall–Kier alpha value is -2.44. The molecular formula is C15H10ClN3O2S. The van der Waals surface area contributed by atoms with E-state index < -0.39 is 0 Å². The van der Waals surface area contributed by atoms with Crippen molar-refractivity contribution in [1.29, 1.82) is 0 Å². The van der Waals surface area contributed by atoms with Crippen LogP contribution in [0.5, 0.6) is 0 Å². The molecule has 0 bridgehead atoms. The molecule has 1 aromatic carbocycles. The fourth-order valence-corrected chi connectivity index (χ4v) is 2.53. The highest BCUT2D eigenvalue weighted by atomic mass is 35.5. The van der Waals surface area contributed by atoms with Gasteiger partial charge in [-0.2, -0.15) is 11.3 Å². The SMILES string of the molecule is O=C(/C=C/c1ccccc1Cl)Nc1nnc(-c2ccsc2)o1. The molecule has 110 valence electrons. The third-order valence-electron chi connectivity index (χ3n) is 2.74. The number of hydrogen-bond acceptors (Lipinski definition) is 5. The maximum Gasteiger partial charge on any atom is 0.322 e. The Kier molecular flexibility index (Phi) is 4.32. The maximum absolute atomic E-state index is 11.8. The van der Waals surface area contributed by atoms with Crippen LogP contribution in [0.3, 0.4) is 0 Å². The van der Waals surface area contributed by atoms with Crippen LogP contribution in [-0.4, -0.2) is 16.1 Å². The lowest BCUT2D eigenvalue weighted by Crippen LogP contribution is -2.07. The average Bonchev–Trinajstić information content (AvgIpc) is 3.17. The predicted molar refractivity (Wildman–Crippen MR) is 86.7 cm³/mol. The van der Waals surface area contributed by atoms with Crippen LogP contribution in [0.25, 0.3) is 17.5 Å². The predicted octanol–water partition coefficient (Wildman–Crippen LogP) is 4.10. The fraction of sp³-hybridized carbons (Fsp3) is 0. The van der Waals surface area contributed by atoms with Gasteiger partial charge in [0.1, 0.15) is 0 Å². The first kappa shape index (κ1) is 14.5. The van der Waals surface area contributed by atoms with Crippen molar-refractivity contribution in [3.8, 4) is 11.5 Å². The summed E-state index contributed by atoms with van der Waals surface area (Å²) in [5.41, 5.74) is 1.58. The Bertz CT molecular complexity index is 812. The van der Waals surface area contributed by atoms with Crippen LogP contribution >= 0.6 is 22.9 Å². The van der Waals surface area contributed by atoms with Gasteiger partial charge in [-0.1, -0.05) is 34.9 Å². The van der Waals surface area contributed by atoms with Crippen molar-refractivity contribution >= 4 is 40.9 Å². The average molecular weight is 332 g/mol. The number of nitrogens with zero attached hydrogens (tertiary/aromatic N) is 2. The van der Waals surface area contributed by atoms with Gasteiger partial charge in [0.05, 0.1) is 0 Å². The van der Waals surface area contributed by atoms with Gasteiger partial charge in [-0.25, -0.2) is 0 Å². The third-order valence-corrected chi connectivity index (χ3v) is 3.77. The van der Waals surface area contributed by atoms with Gasteiger partial charge < -0.3 is 4.42 Å². The van der Waals surface area contributed by atoms with Gasteiger partial charge in [-0.3, -0.25) is 10.1 Å². The van der Waals surface area contributed by atoms with Gasteiger partial charge >= 0.3 is 6.01 Å². The van der Waals surface area contributed by atoms with Gasteiger partial charge in [-0.15, -0.1) is 5.10 Å². The Morgan fingerprint density at radius 1 is 1.27 bits per heavy atom. The van der Waals surface area contributed by atoms with E-state index in [1.54, 1.807) is 12.1 Å². The summed E-state index contributed by atoms with van der Waals surface area (Å²) in [5.74, 6) is -0.00734. The van der Waals surface area contributed by atoms with Crippen LogP contribution in [0.15, 0.2) is 51.6 Å². The van der Waals surface area contributed by atoms with Crippen molar-refractivity contribution in [1.82, 2.24) is 10.2 Å². The minimum absolute atomic E-state index is 0.0509. The van der Waals surface area contributed by atoms with Crippen LogP contribution in [-0.2, 0) is 4.79 Å². The molecule has 3 aromatic rings. The Morgan fingerprint density at radius 3 is 2.91 bits per heavy atom. The molecule has 0 spiro atoms. The molecule has 0 saturated carbocycles. The zero-order valence-electron chi connectivity index (χ0n) is 11.2. The zero-order chi connectivity index (χ0) is 15.4. The highest BCUT2D eigenvalue weighted by Crippen LogP contribution is 2.22. The van der Waals surface area contributed by atoms with E-state index in [0.717, 1.165) is 11.1 Å². The van der Waals surface area contributed by atoms with Crippen LogP contribution in [0, 0.1) is 0 Å². The zero-order valence-corrected chi connectivity index (χ0v) is 12.8. The number of anilines is 1. The molecule has 0 fully saturated rings. The number of carbonyl (C=O) groups excluding carboxylic acids is 1. The Labute approximate surface area is 135 Å². The maximum atomic E-state index is 11.8. The molecule has 1 N–H and O–H groups in total. The summed E-state index contributed by atoms with van der Waals surface area (Å²) in [5, 5.41) is 14.5. The summed E-state index contributed by atoms with van der Waals surface area (Å²) in [6.07, 6.45) is 2.98. The van der Waals surface area contributed by atoms with Crippen LogP contribution in [0.1, 0.15) is 5.56 Å². The second kappa shape index (κ2) is 6.55. The molecule has 0 aliphatic heterocycles. The number of rotatable bonds is 4. The summed E-state index contributed by atoms with van der Waals surface area (Å²) in [4.78, 5) is 11.8. The first-order valence-electron chi connectivity index (χ1n) is 6.32. The molecule has 2 heterocycles. The van der Waals surface area contributed by atoms with Crippen LogP contribution in [0.4, 0.5) is 6.01 Å². The largest absolute Gasteiger partial charge is 0.403 e. The molecule has 2 aromatic heterocycles. The van der Waals surface area contributed by atoms with E-state index >= 15 is 0 Å². The van der Waals surface area contributed by atoms with Crippen molar-refractivity contribution in [3.63, 3.8) is 0 Å². The molecule has 0 aliphatic carbocycles. The van der Waals surface area contributed by atoms with Crippen LogP contribution in [0.2, 0.25) is 5.02 Å². The molecule has 0 atom stereocenters. The molecule has 1 amide bonds. The van der Waals surface area contributed by atoms with Gasteiger partial charge in [0.2, 0.25) is 0 Å². The number of amides is 1. The number of carbonyl (C=O) groups is 1. The molecule has 3 rings (SSSR count). The number of halogens is 1. The number of aromatic nitrogens is 2. The molecular weight excluding hydrogens is 322 g/mol. The lowest BCUT2D eigenvalue weighted by molar-refractivity contribution is -0.112. The lowest BCUT2D eigenvalue weighted by atomic mass is 10.2.